The number of halogens is 1. The number of rotatable bonds is 2. The van der Waals surface area contributed by atoms with Gasteiger partial charge in [0.1, 0.15) is 28.0 Å². The Morgan fingerprint density at radius 1 is 1.44 bits per heavy atom. The first-order valence-electron chi connectivity index (χ1n) is 8.27. The van der Waals surface area contributed by atoms with Crippen molar-refractivity contribution in [3.05, 3.63) is 29.6 Å². The van der Waals surface area contributed by atoms with E-state index in [1.807, 2.05) is 20.8 Å². The van der Waals surface area contributed by atoms with Crippen molar-refractivity contribution in [1.29, 1.82) is 0 Å². The Hall–Kier alpha value is -1.51. The molecule has 2 atom stereocenters. The second kappa shape index (κ2) is 6.34. The number of fused-ring (bicyclic) bond motifs is 1. The smallest absolute Gasteiger partial charge is 0.407 e. The van der Waals surface area contributed by atoms with Gasteiger partial charge in [-0.3, -0.25) is 0 Å². The van der Waals surface area contributed by atoms with Gasteiger partial charge in [0.25, 0.3) is 0 Å². The van der Waals surface area contributed by atoms with E-state index in [9.17, 15) is 13.7 Å². The lowest BCUT2D eigenvalue weighted by molar-refractivity contribution is 0.000839. The van der Waals surface area contributed by atoms with Crippen molar-refractivity contribution >= 4 is 17.5 Å². The van der Waals surface area contributed by atoms with Crippen LogP contribution in [0.5, 0.6) is 5.75 Å². The van der Waals surface area contributed by atoms with Gasteiger partial charge in [0.2, 0.25) is 0 Å². The van der Waals surface area contributed by atoms with Crippen LogP contribution in [-0.4, -0.2) is 44.1 Å². The van der Waals surface area contributed by atoms with E-state index < -0.39 is 33.8 Å². The van der Waals surface area contributed by atoms with Gasteiger partial charge in [-0.2, -0.15) is 0 Å². The van der Waals surface area contributed by atoms with Crippen molar-refractivity contribution in [2.45, 2.75) is 50.0 Å². The Morgan fingerprint density at radius 2 is 2.08 bits per heavy atom. The van der Waals surface area contributed by atoms with Crippen molar-refractivity contribution in [2.75, 3.05) is 13.1 Å². The molecular weight excluding hydrogens is 347 g/mol. The van der Waals surface area contributed by atoms with Crippen molar-refractivity contribution in [3.63, 3.8) is 0 Å². The summed E-state index contributed by atoms with van der Waals surface area (Å²) in [6.45, 7) is 6.23. The maximum atomic E-state index is 13.8. The maximum Gasteiger partial charge on any atom is 0.407 e. The number of carbonyl (C=O) groups is 1. The third-order valence-electron chi connectivity index (χ3n) is 4.78. The van der Waals surface area contributed by atoms with E-state index in [4.69, 9.17) is 9.84 Å². The largest absolute Gasteiger partial charge is 0.598 e. The Bertz CT molecular complexity index is 671. The fraction of sp³-hybridized carbons (Fsp3) is 0.588. The Labute approximate surface area is 149 Å². The van der Waals surface area contributed by atoms with Crippen molar-refractivity contribution < 1.29 is 23.6 Å². The SMILES string of the molecule is CC(C)(C)[S@@+]([O-])N[C@@H]1c2cc(F)ccc2OC12CCN(C(=O)O)CC2. The van der Waals surface area contributed by atoms with Crippen LogP contribution in [0.1, 0.15) is 45.2 Å². The highest BCUT2D eigenvalue weighted by atomic mass is 32.2. The maximum absolute atomic E-state index is 13.8. The molecule has 1 spiro atoms. The molecule has 2 N–H and O–H groups in total. The van der Waals surface area contributed by atoms with E-state index in [-0.39, 0.29) is 5.82 Å². The molecule has 0 bridgehead atoms. The minimum Gasteiger partial charge on any atom is -0.598 e. The molecular formula is C17H23FN2O4S. The topological polar surface area (TPSA) is 84.9 Å². The molecule has 0 aliphatic carbocycles. The van der Waals surface area contributed by atoms with Crippen molar-refractivity contribution in [1.82, 2.24) is 9.62 Å². The van der Waals surface area contributed by atoms with E-state index in [1.165, 1.54) is 17.0 Å². The van der Waals surface area contributed by atoms with Gasteiger partial charge in [0, 0.05) is 42.9 Å². The number of carboxylic acid groups (broad SMARTS) is 1. The lowest BCUT2D eigenvalue weighted by atomic mass is 9.83. The van der Waals surface area contributed by atoms with E-state index in [0.29, 0.717) is 37.2 Å². The van der Waals surface area contributed by atoms with E-state index in [2.05, 4.69) is 4.72 Å². The average molecular weight is 370 g/mol. The number of hydrogen-bond donors (Lipinski definition) is 2. The van der Waals surface area contributed by atoms with Gasteiger partial charge >= 0.3 is 6.09 Å². The standard InChI is InChI=1S/C17H23FN2O4S/c1-16(2,3)25(23)19-14-12-10-11(18)4-5-13(12)24-17(14)6-8-20(9-7-17)15(21)22/h4-5,10,14,19H,6-9H2,1-3H3,(H,21,22)/t14-,25-/m1/s1. The summed E-state index contributed by atoms with van der Waals surface area (Å²) in [4.78, 5) is 12.5. The van der Waals surface area contributed by atoms with Crippen LogP contribution in [0.2, 0.25) is 0 Å². The molecule has 2 aliphatic heterocycles. The molecule has 6 nitrogen and oxygen atoms in total. The Morgan fingerprint density at radius 3 is 2.64 bits per heavy atom. The van der Waals surface area contributed by atoms with Crippen LogP contribution in [0, 0.1) is 5.82 Å². The fourth-order valence-electron chi connectivity index (χ4n) is 3.32. The first kappa shape index (κ1) is 18.3. The second-order valence-corrected chi connectivity index (χ2v) is 9.55. The molecule has 1 fully saturated rings. The number of nitrogens with zero attached hydrogens (tertiary/aromatic N) is 1. The summed E-state index contributed by atoms with van der Waals surface area (Å²) in [5.74, 6) is 0.185. The summed E-state index contributed by atoms with van der Waals surface area (Å²) in [7, 11) is 0. The molecule has 138 valence electrons. The highest BCUT2D eigenvalue weighted by Crippen LogP contribution is 2.49. The molecule has 8 heteroatoms. The zero-order chi connectivity index (χ0) is 18.4. The summed E-state index contributed by atoms with van der Waals surface area (Å²) >= 11 is -1.37. The van der Waals surface area contributed by atoms with Gasteiger partial charge in [-0.25, -0.2) is 9.18 Å². The summed E-state index contributed by atoms with van der Waals surface area (Å²) in [5, 5.41) is 9.17. The van der Waals surface area contributed by atoms with Crippen molar-refractivity contribution in [2.24, 2.45) is 0 Å². The molecule has 0 saturated carbocycles. The quantitative estimate of drug-likeness (QED) is 0.782. The summed E-state index contributed by atoms with van der Waals surface area (Å²) in [6, 6.07) is 3.87. The molecule has 0 radical (unpaired) electrons. The minimum atomic E-state index is -1.37. The van der Waals surface area contributed by atoms with Crippen LogP contribution < -0.4 is 9.46 Å². The van der Waals surface area contributed by atoms with Crippen LogP contribution in [0.25, 0.3) is 0 Å². The predicted molar refractivity (Wildman–Crippen MR) is 92.4 cm³/mol. The van der Waals surface area contributed by atoms with E-state index in [1.54, 1.807) is 6.07 Å². The third-order valence-corrected chi connectivity index (χ3v) is 6.35. The van der Waals surface area contributed by atoms with Gasteiger partial charge in [-0.15, -0.1) is 4.72 Å². The van der Waals surface area contributed by atoms with Gasteiger partial charge in [-0.05, 0) is 39.0 Å². The second-order valence-electron chi connectivity index (χ2n) is 7.55. The molecule has 1 saturated heterocycles. The van der Waals surface area contributed by atoms with E-state index in [0.717, 1.165) is 0 Å². The number of amides is 1. The number of piperidine rings is 1. The molecule has 1 aromatic rings. The van der Waals surface area contributed by atoms with Crippen LogP contribution in [0.3, 0.4) is 0 Å². The third kappa shape index (κ3) is 3.43. The highest BCUT2D eigenvalue weighted by Gasteiger charge is 2.53. The van der Waals surface area contributed by atoms with Gasteiger partial charge in [-0.1, -0.05) is 0 Å². The summed E-state index contributed by atoms with van der Waals surface area (Å²) in [6.07, 6.45) is -0.0531. The van der Waals surface area contributed by atoms with Crippen LogP contribution in [-0.2, 0) is 11.4 Å². The first-order valence-corrected chi connectivity index (χ1v) is 9.42. The molecule has 2 aliphatic rings. The number of hydrogen-bond acceptors (Lipinski definition) is 4. The lowest BCUT2D eigenvalue weighted by Crippen LogP contribution is -2.55. The molecule has 3 rings (SSSR count). The number of ether oxygens (including phenoxy) is 1. The summed E-state index contributed by atoms with van der Waals surface area (Å²) in [5.41, 5.74) is -0.0791. The van der Waals surface area contributed by atoms with Crippen molar-refractivity contribution in [3.8, 4) is 5.75 Å². The minimum absolute atomic E-state index is 0.326. The monoisotopic (exact) mass is 370 g/mol. The number of likely N-dealkylation sites (tertiary alicyclic amines) is 1. The summed E-state index contributed by atoms with van der Waals surface area (Å²) < 4.78 is 35.2. The number of nitrogens with one attached hydrogen (secondary N) is 1. The first-order chi connectivity index (χ1) is 11.6. The average Bonchev–Trinajstić information content (AvgIpc) is 2.80. The van der Waals surface area contributed by atoms with Gasteiger partial charge in [0.05, 0.1) is 0 Å². The molecule has 1 amide bonds. The Balaban J connectivity index is 1.91. The van der Waals surface area contributed by atoms with Gasteiger partial charge < -0.3 is 19.3 Å². The normalized spacial score (nSPS) is 23.2. The molecule has 1 aromatic carbocycles. The molecule has 0 aromatic heterocycles. The number of benzene rings is 1. The van der Waals surface area contributed by atoms with E-state index >= 15 is 0 Å². The molecule has 2 heterocycles. The zero-order valence-corrected chi connectivity index (χ0v) is 15.4. The van der Waals surface area contributed by atoms with Gasteiger partial charge in [0.15, 0.2) is 0 Å². The molecule has 0 unspecified atom stereocenters. The predicted octanol–water partition coefficient (Wildman–Crippen LogP) is 2.82. The fourth-order valence-corrected chi connectivity index (χ4v) is 4.23. The van der Waals surface area contributed by atoms with Crippen LogP contribution in [0.4, 0.5) is 9.18 Å². The molecule has 25 heavy (non-hydrogen) atoms. The van der Waals surface area contributed by atoms with Crippen LogP contribution in [0.15, 0.2) is 18.2 Å². The van der Waals surface area contributed by atoms with Crippen LogP contribution >= 0.6 is 0 Å². The Kier molecular flexibility index (Phi) is 4.63. The highest BCUT2D eigenvalue weighted by molar-refractivity contribution is 7.90. The lowest BCUT2D eigenvalue weighted by Gasteiger charge is -2.41. The zero-order valence-electron chi connectivity index (χ0n) is 14.5.